The second kappa shape index (κ2) is 13.2. The Labute approximate surface area is 293 Å². The number of amides is 1. The van der Waals surface area contributed by atoms with Crippen LogP contribution in [0.25, 0.3) is 22.0 Å². The lowest BCUT2D eigenvalue weighted by Crippen LogP contribution is -2.47. The topological polar surface area (TPSA) is 153 Å². The van der Waals surface area contributed by atoms with Gasteiger partial charge >= 0.3 is 0 Å². The van der Waals surface area contributed by atoms with Gasteiger partial charge in [0, 0.05) is 48.9 Å². The zero-order valence-electron chi connectivity index (χ0n) is 28.2. The molecule has 3 aliphatic heterocycles. The van der Waals surface area contributed by atoms with E-state index >= 15 is 0 Å². The number of fused-ring (bicyclic) bond motifs is 4. The van der Waals surface area contributed by atoms with E-state index in [1.54, 1.807) is 29.2 Å². The second-order valence-electron chi connectivity index (χ2n) is 13.8. The molecule has 1 spiro atoms. The number of carbonyl (C=O) groups excluding carboxylic acids is 1. The van der Waals surface area contributed by atoms with E-state index in [0.29, 0.717) is 23.8 Å². The van der Waals surface area contributed by atoms with E-state index in [1.165, 1.54) is 32.4 Å². The molecular formula is C36H42N6O6S2. The molecule has 4 aromatic rings. The predicted molar refractivity (Wildman–Crippen MR) is 195 cm³/mol. The second-order valence-corrected chi connectivity index (χ2v) is 16.9. The Balaban J connectivity index is 0.000000734. The van der Waals surface area contributed by atoms with Crippen LogP contribution in [0, 0.1) is 0 Å². The molecule has 264 valence electrons. The van der Waals surface area contributed by atoms with Crippen LogP contribution in [0.15, 0.2) is 71.9 Å². The van der Waals surface area contributed by atoms with Gasteiger partial charge in [0.15, 0.2) is 5.82 Å². The molecule has 0 radical (unpaired) electrons. The average Bonchev–Trinajstić information content (AvgIpc) is 3.88. The Bertz CT molecular complexity index is 2140. The summed E-state index contributed by atoms with van der Waals surface area (Å²) >= 11 is 0. The fraction of sp³-hybridized carbons (Fsp3) is 0.417. The number of piperidine rings is 2. The van der Waals surface area contributed by atoms with Gasteiger partial charge in [-0.15, -0.1) is 0 Å². The Morgan fingerprint density at radius 2 is 1.54 bits per heavy atom. The van der Waals surface area contributed by atoms with Crippen LogP contribution in [0.4, 0.5) is 17.2 Å². The average molecular weight is 719 g/mol. The van der Waals surface area contributed by atoms with Crippen molar-refractivity contribution in [3.8, 4) is 11.1 Å². The number of hydrogen-bond acceptors (Lipinski definition) is 9. The molecule has 1 aliphatic carbocycles. The van der Waals surface area contributed by atoms with Crippen molar-refractivity contribution < 1.29 is 26.2 Å². The molecule has 8 rings (SSSR count). The highest BCUT2D eigenvalue weighted by atomic mass is 32.2. The minimum atomic E-state index is -3.84. The summed E-state index contributed by atoms with van der Waals surface area (Å²) in [5.74, 6) is 0.799. The fourth-order valence-corrected chi connectivity index (χ4v) is 8.79. The first-order valence-corrected chi connectivity index (χ1v) is 20.4. The molecular weight excluding hydrogens is 677 g/mol. The summed E-state index contributed by atoms with van der Waals surface area (Å²) in [6.45, 7) is 4.00. The van der Waals surface area contributed by atoms with E-state index in [9.17, 15) is 21.6 Å². The van der Waals surface area contributed by atoms with Crippen molar-refractivity contribution in [2.45, 2.75) is 61.3 Å². The molecule has 14 heteroatoms. The highest BCUT2D eigenvalue weighted by molar-refractivity contribution is 7.92. The lowest BCUT2D eigenvalue weighted by Gasteiger charge is -2.41. The molecule has 0 atom stereocenters. The van der Waals surface area contributed by atoms with Gasteiger partial charge in [-0.1, -0.05) is 30.7 Å². The highest BCUT2D eigenvalue weighted by Crippen LogP contribution is 2.58. The predicted octanol–water partition coefficient (Wildman–Crippen LogP) is 5.06. The number of likely N-dealkylation sites (tertiary alicyclic amines) is 1. The summed E-state index contributed by atoms with van der Waals surface area (Å²) in [6, 6.07) is 17.0. The van der Waals surface area contributed by atoms with Crippen molar-refractivity contribution >= 4 is 54.1 Å². The molecule has 2 saturated heterocycles. The maximum Gasteiger partial charge on any atom is 0.262 e. The van der Waals surface area contributed by atoms with Gasteiger partial charge in [0.25, 0.3) is 20.1 Å². The van der Waals surface area contributed by atoms with Gasteiger partial charge in [-0.2, -0.15) is 8.42 Å². The van der Waals surface area contributed by atoms with Gasteiger partial charge in [-0.25, -0.2) is 13.4 Å². The molecule has 4 aliphatic rings. The first-order valence-electron chi connectivity index (χ1n) is 17.1. The van der Waals surface area contributed by atoms with Crippen molar-refractivity contribution in [1.29, 1.82) is 0 Å². The summed E-state index contributed by atoms with van der Waals surface area (Å²) in [7, 11) is -5.68. The maximum atomic E-state index is 13.6. The SMILES string of the molecule is CN1C(=O)C2(CC2)c2c1cnc1ccc(-c3cnc(N4CCC(N5CCCCC5)CC4)c(NS(=O)(=O)c4ccccc4)c3)cc21.CS(=O)(=O)O. The van der Waals surface area contributed by atoms with E-state index in [0.717, 1.165) is 72.1 Å². The largest absolute Gasteiger partial charge is 0.355 e. The monoisotopic (exact) mass is 718 g/mol. The van der Waals surface area contributed by atoms with Crippen molar-refractivity contribution in [1.82, 2.24) is 14.9 Å². The lowest BCUT2D eigenvalue weighted by molar-refractivity contribution is -0.119. The number of likely N-dealkylation sites (N-methyl/N-ethyl adjacent to an activating group) is 1. The summed E-state index contributed by atoms with van der Waals surface area (Å²) in [5, 5.41) is 0.968. The number of benzene rings is 2. The number of hydrogen-bond donors (Lipinski definition) is 2. The molecule has 12 nitrogen and oxygen atoms in total. The van der Waals surface area contributed by atoms with Gasteiger partial charge in [0.1, 0.15) is 0 Å². The lowest BCUT2D eigenvalue weighted by atomic mass is 9.92. The van der Waals surface area contributed by atoms with Crippen LogP contribution in [0.2, 0.25) is 0 Å². The van der Waals surface area contributed by atoms with Crippen molar-refractivity contribution in [3.63, 3.8) is 0 Å². The van der Waals surface area contributed by atoms with Crippen LogP contribution < -0.4 is 14.5 Å². The summed E-state index contributed by atoms with van der Waals surface area (Å²) in [4.78, 5) is 29.6. The van der Waals surface area contributed by atoms with Crippen molar-refractivity contribution in [3.05, 3.63) is 72.6 Å². The van der Waals surface area contributed by atoms with Crippen molar-refractivity contribution in [2.75, 3.05) is 54.0 Å². The number of pyridine rings is 2. The molecule has 0 unspecified atom stereocenters. The molecule has 50 heavy (non-hydrogen) atoms. The van der Waals surface area contributed by atoms with E-state index < -0.39 is 25.6 Å². The standard InChI is InChI=1S/C35H38N6O3S.CH4O3S/c1-39-31-23-36-29-11-10-24(20-28(29)32(31)35(14-15-35)34(39)42)25-21-30(38-45(43,44)27-8-4-2-5-9-27)33(37-22-25)41-18-12-26(13-19-41)40-16-6-3-7-17-40;1-5(2,3)4/h2,4-5,8-11,20-23,26,38H,3,6-7,12-19H2,1H3;1H3,(H,2,3,4). The van der Waals surface area contributed by atoms with E-state index in [-0.39, 0.29) is 10.8 Å². The van der Waals surface area contributed by atoms with Crippen LogP contribution >= 0.6 is 0 Å². The van der Waals surface area contributed by atoms with Crippen LogP contribution in [0.1, 0.15) is 50.5 Å². The van der Waals surface area contributed by atoms with Gasteiger partial charge in [0.05, 0.1) is 39.7 Å². The fourth-order valence-electron chi connectivity index (χ4n) is 7.72. The van der Waals surface area contributed by atoms with Gasteiger partial charge in [-0.3, -0.25) is 19.1 Å². The quantitative estimate of drug-likeness (QED) is 0.259. The summed E-state index contributed by atoms with van der Waals surface area (Å²) in [5.41, 5.74) is 4.51. The van der Waals surface area contributed by atoms with Gasteiger partial charge in [0.2, 0.25) is 5.91 Å². The van der Waals surface area contributed by atoms with Crippen LogP contribution in [-0.4, -0.2) is 87.7 Å². The normalized spacial score (nSPS) is 19.3. The molecule has 1 amide bonds. The molecule has 2 aromatic heterocycles. The first kappa shape index (κ1) is 34.3. The number of sulfonamides is 1. The Kier molecular flexibility index (Phi) is 9.08. The number of aromatic nitrogens is 2. The van der Waals surface area contributed by atoms with Crippen LogP contribution in [0.5, 0.6) is 0 Å². The minimum Gasteiger partial charge on any atom is -0.355 e. The Morgan fingerprint density at radius 1 is 0.860 bits per heavy atom. The third-order valence-electron chi connectivity index (χ3n) is 10.3. The zero-order chi connectivity index (χ0) is 35.3. The Morgan fingerprint density at radius 3 is 2.20 bits per heavy atom. The van der Waals surface area contributed by atoms with Crippen molar-refractivity contribution in [2.24, 2.45) is 0 Å². The molecule has 3 fully saturated rings. The minimum absolute atomic E-state index is 0.143. The Hall–Kier alpha value is -4.11. The molecule has 0 bridgehead atoms. The first-order chi connectivity index (χ1) is 23.8. The number of nitrogens with zero attached hydrogens (tertiary/aromatic N) is 5. The summed E-state index contributed by atoms with van der Waals surface area (Å²) in [6.07, 6.45) is 12.0. The molecule has 2 aromatic carbocycles. The van der Waals surface area contributed by atoms with E-state index in [4.69, 9.17) is 9.54 Å². The maximum absolute atomic E-state index is 13.6. The number of carbonyl (C=O) groups is 1. The number of anilines is 3. The highest BCUT2D eigenvalue weighted by Gasteiger charge is 2.59. The van der Waals surface area contributed by atoms with Gasteiger partial charge in [-0.05, 0) is 87.5 Å². The molecule has 5 heterocycles. The van der Waals surface area contributed by atoms with Crippen LogP contribution in [-0.2, 0) is 30.4 Å². The number of rotatable bonds is 6. The molecule has 1 saturated carbocycles. The third-order valence-corrected chi connectivity index (χ3v) is 11.7. The van der Waals surface area contributed by atoms with Crippen LogP contribution in [0.3, 0.4) is 0 Å². The number of nitrogens with one attached hydrogen (secondary N) is 1. The van der Waals surface area contributed by atoms with E-state index in [2.05, 4.69) is 25.6 Å². The van der Waals surface area contributed by atoms with Gasteiger partial charge < -0.3 is 14.7 Å². The third kappa shape index (κ3) is 6.81. The smallest absolute Gasteiger partial charge is 0.262 e. The summed E-state index contributed by atoms with van der Waals surface area (Å²) < 4.78 is 55.9. The van der Waals surface area contributed by atoms with E-state index in [1.807, 2.05) is 43.7 Å². The zero-order valence-corrected chi connectivity index (χ0v) is 29.9. The molecule has 2 N–H and O–H groups in total.